The van der Waals surface area contributed by atoms with Crippen molar-refractivity contribution >= 4 is 40.8 Å². The number of alkyl halides is 3. The Hall–Kier alpha value is 1.34. The quantitative estimate of drug-likeness (QED) is 0.320. The molecular formula is C4H6Cl3NaO2. The molecule has 56 valence electrons. The van der Waals surface area contributed by atoms with Crippen molar-refractivity contribution in [2.24, 2.45) is 0 Å². The maximum atomic E-state index is 10.1. The molecule has 0 aromatic carbocycles. The summed E-state index contributed by atoms with van der Waals surface area (Å²) in [5, 5.41) is 0. The molecule has 0 spiro atoms. The zero-order valence-electron chi connectivity index (χ0n) is 6.66. The Morgan fingerprint density at radius 1 is 1.60 bits per heavy atom. The molecule has 0 saturated carbocycles. The summed E-state index contributed by atoms with van der Waals surface area (Å²) in [4.78, 5) is 10.1. The Bertz CT molecular complexity index is 116. The average molecular weight is 215 g/mol. The van der Waals surface area contributed by atoms with Crippen LogP contribution in [0.25, 0.3) is 0 Å². The van der Waals surface area contributed by atoms with Crippen molar-refractivity contribution in [3.05, 3.63) is 0 Å². The van der Waals surface area contributed by atoms with E-state index in [-0.39, 0.29) is 37.6 Å². The van der Waals surface area contributed by atoms with Gasteiger partial charge in [-0.3, -0.25) is 4.79 Å². The van der Waals surface area contributed by atoms with Gasteiger partial charge in [-0.1, -0.05) is 34.8 Å². The first-order valence-corrected chi connectivity index (χ1v) is 3.25. The first-order chi connectivity index (χ1) is 3.92. The number of esters is 1. The number of hydrogen-bond donors (Lipinski definition) is 0. The molecule has 0 atom stereocenters. The van der Waals surface area contributed by atoms with E-state index in [2.05, 4.69) is 4.74 Å². The fraction of sp³-hybridized carbons (Fsp3) is 0.750. The van der Waals surface area contributed by atoms with Gasteiger partial charge in [0.1, 0.15) is 6.61 Å². The number of carbonyl (C=O) groups excluding carboxylic acids is 1. The molecule has 0 saturated heterocycles. The summed E-state index contributed by atoms with van der Waals surface area (Å²) in [7, 11) is 0. The SMILES string of the molecule is CC(=O)OCC(Cl)(Cl)Cl.[H-].[Na+]. The van der Waals surface area contributed by atoms with Gasteiger partial charge in [0.05, 0.1) is 0 Å². The van der Waals surface area contributed by atoms with Crippen molar-refractivity contribution in [1.82, 2.24) is 0 Å². The van der Waals surface area contributed by atoms with E-state index < -0.39 is 9.76 Å². The smallest absolute Gasteiger partial charge is 1.00 e. The van der Waals surface area contributed by atoms with Crippen molar-refractivity contribution in [1.29, 1.82) is 0 Å². The van der Waals surface area contributed by atoms with Crippen LogP contribution in [0.3, 0.4) is 0 Å². The Morgan fingerprint density at radius 3 is 2.10 bits per heavy atom. The van der Waals surface area contributed by atoms with E-state index in [0.717, 1.165) is 0 Å². The molecule has 0 rings (SSSR count). The van der Waals surface area contributed by atoms with Crippen molar-refractivity contribution in [3.63, 3.8) is 0 Å². The molecule has 0 heterocycles. The zero-order valence-corrected chi connectivity index (χ0v) is 9.93. The van der Waals surface area contributed by atoms with Gasteiger partial charge in [0, 0.05) is 6.92 Å². The van der Waals surface area contributed by atoms with E-state index in [0.29, 0.717) is 0 Å². The molecule has 0 aliphatic rings. The molecule has 0 aromatic rings. The van der Waals surface area contributed by atoms with Crippen LogP contribution in [0.4, 0.5) is 0 Å². The third-order valence-corrected chi connectivity index (χ3v) is 0.766. The van der Waals surface area contributed by atoms with Crippen LogP contribution < -0.4 is 29.6 Å². The predicted molar refractivity (Wildman–Crippen MR) is 38.0 cm³/mol. The molecule has 2 nitrogen and oxygen atoms in total. The Kier molecular flexibility index (Phi) is 8.23. The van der Waals surface area contributed by atoms with Crippen LogP contribution in [0.2, 0.25) is 0 Å². The summed E-state index contributed by atoms with van der Waals surface area (Å²) >= 11 is 15.7. The number of rotatable bonds is 1. The third kappa shape index (κ3) is 12.1. The van der Waals surface area contributed by atoms with E-state index in [1.165, 1.54) is 6.92 Å². The molecule has 0 amide bonds. The van der Waals surface area contributed by atoms with Crippen LogP contribution in [-0.4, -0.2) is 16.4 Å². The molecule has 0 radical (unpaired) electrons. The fourth-order valence-corrected chi connectivity index (χ4v) is 0.347. The van der Waals surface area contributed by atoms with E-state index in [4.69, 9.17) is 34.8 Å². The standard InChI is InChI=1S/C4H5Cl3O2.Na.H/c1-3(8)9-2-4(5,6)7;;/h2H2,1H3;;/q;+1;-1. The second kappa shape index (κ2) is 5.92. The molecule has 10 heavy (non-hydrogen) atoms. The summed E-state index contributed by atoms with van der Waals surface area (Å²) in [6.07, 6.45) is 0. The Labute approximate surface area is 97.9 Å². The van der Waals surface area contributed by atoms with Gasteiger partial charge >= 0.3 is 35.5 Å². The Morgan fingerprint density at radius 2 is 2.00 bits per heavy atom. The molecule has 0 bridgehead atoms. The zero-order chi connectivity index (χ0) is 7.49. The second-order valence-electron chi connectivity index (χ2n) is 1.40. The molecule has 0 N–H and O–H groups in total. The fourth-order valence-electron chi connectivity index (χ4n) is 0.183. The third-order valence-electron chi connectivity index (χ3n) is 0.439. The summed E-state index contributed by atoms with van der Waals surface area (Å²) < 4.78 is 2.88. The summed E-state index contributed by atoms with van der Waals surface area (Å²) in [6.45, 7) is 1.05. The Balaban J connectivity index is -0.000000320. The molecule has 0 aromatic heterocycles. The van der Waals surface area contributed by atoms with Crippen LogP contribution in [-0.2, 0) is 9.53 Å². The van der Waals surface area contributed by atoms with Gasteiger partial charge in [0.15, 0.2) is 0 Å². The minimum Gasteiger partial charge on any atom is -1.00 e. The molecule has 0 unspecified atom stereocenters. The van der Waals surface area contributed by atoms with E-state index in [9.17, 15) is 4.79 Å². The van der Waals surface area contributed by atoms with Crippen molar-refractivity contribution in [3.8, 4) is 0 Å². The van der Waals surface area contributed by atoms with Crippen molar-refractivity contribution in [2.45, 2.75) is 10.7 Å². The molecular weight excluding hydrogens is 209 g/mol. The van der Waals surface area contributed by atoms with Crippen LogP contribution in [0.15, 0.2) is 0 Å². The van der Waals surface area contributed by atoms with Crippen LogP contribution in [0.5, 0.6) is 0 Å². The maximum Gasteiger partial charge on any atom is 1.00 e. The van der Waals surface area contributed by atoms with Gasteiger partial charge in [0.2, 0.25) is 3.79 Å². The molecule has 6 heteroatoms. The topological polar surface area (TPSA) is 26.3 Å². The van der Waals surface area contributed by atoms with Gasteiger partial charge in [-0.25, -0.2) is 0 Å². The average Bonchev–Trinajstić information content (AvgIpc) is 1.59. The molecule has 0 aliphatic heterocycles. The van der Waals surface area contributed by atoms with Crippen molar-refractivity contribution in [2.75, 3.05) is 6.61 Å². The van der Waals surface area contributed by atoms with Crippen LogP contribution in [0, 0.1) is 0 Å². The van der Waals surface area contributed by atoms with Gasteiger partial charge in [-0.2, -0.15) is 0 Å². The summed E-state index contributed by atoms with van der Waals surface area (Å²) in [5.74, 6) is -0.457. The van der Waals surface area contributed by atoms with E-state index in [1.54, 1.807) is 0 Å². The van der Waals surface area contributed by atoms with Gasteiger partial charge in [-0.05, 0) is 0 Å². The number of halogens is 3. The predicted octanol–water partition coefficient (Wildman–Crippen LogP) is -0.964. The summed E-state index contributed by atoms with van der Waals surface area (Å²) in [6, 6.07) is 0. The van der Waals surface area contributed by atoms with Gasteiger partial charge in [-0.15, -0.1) is 0 Å². The molecule has 0 fully saturated rings. The van der Waals surface area contributed by atoms with Crippen LogP contribution >= 0.6 is 34.8 Å². The van der Waals surface area contributed by atoms with Gasteiger partial charge in [0.25, 0.3) is 0 Å². The second-order valence-corrected chi connectivity index (χ2v) is 3.91. The summed E-state index contributed by atoms with van der Waals surface area (Å²) in [5.41, 5.74) is 0. The minimum absolute atomic E-state index is 0. The number of hydrogen-bond acceptors (Lipinski definition) is 2. The van der Waals surface area contributed by atoms with E-state index in [1.807, 2.05) is 0 Å². The van der Waals surface area contributed by atoms with Crippen molar-refractivity contribution < 1.29 is 40.5 Å². The normalized spacial score (nSPS) is 10.0. The van der Waals surface area contributed by atoms with Crippen LogP contribution in [0.1, 0.15) is 8.35 Å². The largest absolute Gasteiger partial charge is 1.00 e. The maximum absolute atomic E-state index is 10.1. The minimum atomic E-state index is -1.49. The number of ether oxygens (including phenoxy) is 1. The van der Waals surface area contributed by atoms with Gasteiger partial charge < -0.3 is 6.16 Å². The van der Waals surface area contributed by atoms with E-state index >= 15 is 0 Å². The first kappa shape index (κ1) is 13.9. The molecule has 0 aliphatic carbocycles. The monoisotopic (exact) mass is 214 g/mol. The number of carbonyl (C=O) groups is 1. The first-order valence-electron chi connectivity index (χ1n) is 2.12.